The van der Waals surface area contributed by atoms with Crippen LogP contribution in [0.15, 0.2) is 36.7 Å². The number of hydrogen-bond acceptors (Lipinski definition) is 3. The van der Waals surface area contributed by atoms with Gasteiger partial charge in [-0.1, -0.05) is 29.8 Å². The molecule has 1 aliphatic rings. The van der Waals surface area contributed by atoms with Crippen LogP contribution < -0.4 is 0 Å². The molecule has 0 radical (unpaired) electrons. The molecule has 23 heavy (non-hydrogen) atoms. The highest BCUT2D eigenvalue weighted by molar-refractivity contribution is 6.31. The van der Waals surface area contributed by atoms with E-state index in [1.54, 1.807) is 17.1 Å². The Hall–Kier alpha value is -1.85. The molecular formula is C17H20ClN3O2. The van der Waals surface area contributed by atoms with Crippen LogP contribution in [0.2, 0.25) is 5.02 Å². The highest BCUT2D eigenvalue weighted by Gasteiger charge is 2.28. The van der Waals surface area contributed by atoms with E-state index in [0.717, 1.165) is 5.56 Å². The maximum absolute atomic E-state index is 12.7. The van der Waals surface area contributed by atoms with Gasteiger partial charge in [-0.25, -0.2) is 0 Å². The van der Waals surface area contributed by atoms with Crippen LogP contribution in [-0.4, -0.2) is 45.9 Å². The molecule has 0 N–H and O–H groups in total. The van der Waals surface area contributed by atoms with Crippen LogP contribution in [0.3, 0.4) is 0 Å². The molecule has 0 spiro atoms. The van der Waals surface area contributed by atoms with E-state index in [1.807, 2.05) is 43.0 Å². The van der Waals surface area contributed by atoms with Crippen molar-refractivity contribution in [2.45, 2.75) is 32.5 Å². The molecule has 3 rings (SSSR count). The van der Waals surface area contributed by atoms with Gasteiger partial charge in [0, 0.05) is 17.8 Å². The summed E-state index contributed by atoms with van der Waals surface area (Å²) in [6.07, 6.45) is 3.46. The van der Waals surface area contributed by atoms with Crippen molar-refractivity contribution in [3.63, 3.8) is 0 Å². The third-order valence-electron chi connectivity index (χ3n) is 4.04. The SMILES string of the molecule is CC1CN(C(=O)c2cnn(Cc3ccccc3Cl)c2)C(C)CO1. The second kappa shape index (κ2) is 6.72. The summed E-state index contributed by atoms with van der Waals surface area (Å²) in [5.74, 6) is -0.00180. The summed E-state index contributed by atoms with van der Waals surface area (Å²) in [6, 6.07) is 7.71. The number of hydrogen-bond donors (Lipinski definition) is 0. The molecule has 1 saturated heterocycles. The van der Waals surface area contributed by atoms with Crippen LogP contribution in [-0.2, 0) is 11.3 Å². The van der Waals surface area contributed by atoms with Gasteiger partial charge in [0.05, 0.1) is 37.1 Å². The first kappa shape index (κ1) is 16.0. The van der Waals surface area contributed by atoms with Crippen LogP contribution in [0.25, 0.3) is 0 Å². The van der Waals surface area contributed by atoms with Gasteiger partial charge in [0.2, 0.25) is 0 Å². The maximum atomic E-state index is 12.7. The van der Waals surface area contributed by atoms with Crippen molar-refractivity contribution in [3.8, 4) is 0 Å². The van der Waals surface area contributed by atoms with Gasteiger partial charge < -0.3 is 9.64 Å². The summed E-state index contributed by atoms with van der Waals surface area (Å²) < 4.78 is 7.31. The lowest BCUT2D eigenvalue weighted by molar-refractivity contribution is -0.0387. The van der Waals surface area contributed by atoms with Crippen LogP contribution in [0, 0.1) is 0 Å². The average molecular weight is 334 g/mol. The molecule has 122 valence electrons. The number of benzene rings is 1. The smallest absolute Gasteiger partial charge is 0.257 e. The molecule has 1 aliphatic heterocycles. The van der Waals surface area contributed by atoms with Crippen molar-refractivity contribution in [1.82, 2.24) is 14.7 Å². The molecule has 2 unspecified atom stereocenters. The van der Waals surface area contributed by atoms with Crippen LogP contribution in [0.5, 0.6) is 0 Å². The lowest BCUT2D eigenvalue weighted by Gasteiger charge is -2.36. The van der Waals surface area contributed by atoms with E-state index < -0.39 is 0 Å². The lowest BCUT2D eigenvalue weighted by atomic mass is 10.1. The Balaban J connectivity index is 1.74. The molecule has 0 saturated carbocycles. The molecule has 1 amide bonds. The molecule has 2 atom stereocenters. The Labute approximate surface area is 140 Å². The number of ether oxygens (including phenoxy) is 1. The summed E-state index contributed by atoms with van der Waals surface area (Å²) in [7, 11) is 0. The lowest BCUT2D eigenvalue weighted by Crippen LogP contribution is -2.50. The summed E-state index contributed by atoms with van der Waals surface area (Å²) in [5, 5.41) is 4.99. The molecular weight excluding hydrogens is 314 g/mol. The van der Waals surface area contributed by atoms with Crippen LogP contribution >= 0.6 is 11.6 Å². The number of carbonyl (C=O) groups excluding carboxylic acids is 1. The standard InChI is InChI=1S/C17H20ClN3O2/c1-12-11-23-13(2)8-21(12)17(22)15-7-19-20(10-15)9-14-5-3-4-6-16(14)18/h3-7,10,12-13H,8-9,11H2,1-2H3. The van der Waals surface area contributed by atoms with Gasteiger partial charge in [0.25, 0.3) is 5.91 Å². The Kier molecular flexibility index (Phi) is 4.68. The number of morpholine rings is 1. The number of aromatic nitrogens is 2. The minimum absolute atomic E-state index is 0.00180. The maximum Gasteiger partial charge on any atom is 0.257 e. The van der Waals surface area contributed by atoms with E-state index >= 15 is 0 Å². The molecule has 2 heterocycles. The Morgan fingerprint density at radius 1 is 1.39 bits per heavy atom. The van der Waals surface area contributed by atoms with Gasteiger partial charge in [-0.2, -0.15) is 5.10 Å². The molecule has 1 aromatic carbocycles. The fourth-order valence-corrected chi connectivity index (χ4v) is 2.91. The minimum Gasteiger partial charge on any atom is -0.375 e. The zero-order valence-electron chi connectivity index (χ0n) is 13.3. The fourth-order valence-electron chi connectivity index (χ4n) is 2.71. The number of rotatable bonds is 3. The minimum atomic E-state index is -0.00180. The predicted octanol–water partition coefficient (Wildman–Crippen LogP) is 2.83. The van der Waals surface area contributed by atoms with Gasteiger partial charge in [0.1, 0.15) is 0 Å². The summed E-state index contributed by atoms with van der Waals surface area (Å²) in [6.45, 7) is 5.70. The van der Waals surface area contributed by atoms with Crippen molar-refractivity contribution >= 4 is 17.5 Å². The second-order valence-electron chi connectivity index (χ2n) is 5.97. The van der Waals surface area contributed by atoms with Crippen LogP contribution in [0.1, 0.15) is 29.8 Å². The van der Waals surface area contributed by atoms with Crippen LogP contribution in [0.4, 0.5) is 0 Å². The van der Waals surface area contributed by atoms with Crippen molar-refractivity contribution in [3.05, 3.63) is 52.8 Å². The largest absolute Gasteiger partial charge is 0.375 e. The number of nitrogens with zero attached hydrogens (tertiary/aromatic N) is 3. The quantitative estimate of drug-likeness (QED) is 0.867. The van der Waals surface area contributed by atoms with Crippen molar-refractivity contribution < 1.29 is 9.53 Å². The third-order valence-corrected chi connectivity index (χ3v) is 4.41. The zero-order valence-corrected chi connectivity index (χ0v) is 14.0. The predicted molar refractivity (Wildman–Crippen MR) is 88.7 cm³/mol. The van der Waals surface area contributed by atoms with E-state index in [0.29, 0.717) is 30.3 Å². The summed E-state index contributed by atoms with van der Waals surface area (Å²) in [5.41, 5.74) is 1.57. The first-order chi connectivity index (χ1) is 11.0. The topological polar surface area (TPSA) is 47.4 Å². The van der Waals surface area contributed by atoms with E-state index in [-0.39, 0.29) is 18.1 Å². The Bertz CT molecular complexity index is 701. The normalized spacial score (nSPS) is 21.4. The molecule has 0 aliphatic carbocycles. The van der Waals surface area contributed by atoms with E-state index in [9.17, 15) is 4.79 Å². The number of carbonyl (C=O) groups is 1. The van der Waals surface area contributed by atoms with Gasteiger partial charge in [-0.15, -0.1) is 0 Å². The number of halogens is 1. The summed E-state index contributed by atoms with van der Waals surface area (Å²) in [4.78, 5) is 14.5. The van der Waals surface area contributed by atoms with Crippen molar-refractivity contribution in [2.75, 3.05) is 13.2 Å². The second-order valence-corrected chi connectivity index (χ2v) is 6.38. The van der Waals surface area contributed by atoms with Gasteiger partial charge in [-0.05, 0) is 25.5 Å². The molecule has 0 bridgehead atoms. The van der Waals surface area contributed by atoms with Gasteiger partial charge >= 0.3 is 0 Å². The average Bonchev–Trinajstić information content (AvgIpc) is 3.00. The van der Waals surface area contributed by atoms with E-state index in [1.165, 1.54) is 0 Å². The molecule has 5 nitrogen and oxygen atoms in total. The summed E-state index contributed by atoms with van der Waals surface area (Å²) >= 11 is 6.17. The highest BCUT2D eigenvalue weighted by atomic mass is 35.5. The molecule has 6 heteroatoms. The third kappa shape index (κ3) is 3.57. The Morgan fingerprint density at radius 3 is 2.96 bits per heavy atom. The molecule has 1 aromatic heterocycles. The monoisotopic (exact) mass is 333 g/mol. The molecule has 1 fully saturated rings. The van der Waals surface area contributed by atoms with Crippen molar-refractivity contribution in [2.24, 2.45) is 0 Å². The highest BCUT2D eigenvalue weighted by Crippen LogP contribution is 2.18. The first-order valence-electron chi connectivity index (χ1n) is 7.73. The Morgan fingerprint density at radius 2 is 2.17 bits per heavy atom. The van der Waals surface area contributed by atoms with E-state index in [2.05, 4.69) is 5.10 Å². The van der Waals surface area contributed by atoms with Gasteiger partial charge in [0.15, 0.2) is 0 Å². The molecule has 2 aromatic rings. The van der Waals surface area contributed by atoms with E-state index in [4.69, 9.17) is 16.3 Å². The first-order valence-corrected chi connectivity index (χ1v) is 8.11. The zero-order chi connectivity index (χ0) is 16.4. The van der Waals surface area contributed by atoms with Crippen molar-refractivity contribution in [1.29, 1.82) is 0 Å². The fraction of sp³-hybridized carbons (Fsp3) is 0.412. The number of amides is 1. The van der Waals surface area contributed by atoms with Gasteiger partial charge in [-0.3, -0.25) is 9.48 Å².